The van der Waals surface area contributed by atoms with Crippen LogP contribution >= 0.6 is 0 Å². The van der Waals surface area contributed by atoms with Gasteiger partial charge in [-0.3, -0.25) is 24.2 Å². The number of ether oxygens (including phenoxy) is 7. The minimum Gasteiger partial charge on any atom is -0.465 e. The summed E-state index contributed by atoms with van der Waals surface area (Å²) in [5.41, 5.74) is 0. The molecule has 0 radical (unpaired) electrons. The fraction of sp³-hybridized carbons (Fsp3) is 0.930. The number of esters is 3. The largest absolute Gasteiger partial charge is 0.508 e. The molecule has 0 aromatic rings. The minimum atomic E-state index is -0.655. The first-order chi connectivity index (χ1) is 50.0. The van der Waals surface area contributed by atoms with E-state index in [2.05, 4.69) is 110 Å². The summed E-state index contributed by atoms with van der Waals surface area (Å²) in [6, 6.07) is 0. The molecule has 17 nitrogen and oxygen atoms in total. The lowest BCUT2D eigenvalue weighted by atomic mass is 9.96. The van der Waals surface area contributed by atoms with Crippen LogP contribution in [-0.4, -0.2) is 179 Å². The maximum Gasteiger partial charge on any atom is 0.508 e. The van der Waals surface area contributed by atoms with Crippen LogP contribution in [0.3, 0.4) is 0 Å². The molecule has 612 valence electrons. The SMILES string of the molecule is CCCCCCC(CCCC)COC(=O)CCCC(CCCCCC)OC(=O)OCCN(CCC)CCN(CC)CC.CCCCCCCC(=O)OCCN(CCOC(=O)OC(CCCCCC)CCCC(=O)OCC(CCCC)CCCCCC)CCN(CC)CC.CCCCCCCC(C)=O. The number of hydrogen-bond acceptors (Lipinski definition) is 17. The molecule has 0 aromatic carbocycles. The molecular weight excluding hydrogens is 1300 g/mol. The number of rotatable bonds is 73. The number of Topliss-reactive ketones (excluding diaryl/α,β-unsaturated/α-hetero) is 1. The van der Waals surface area contributed by atoms with Gasteiger partial charge in [0.25, 0.3) is 0 Å². The molecule has 0 aliphatic carbocycles. The van der Waals surface area contributed by atoms with Gasteiger partial charge in [0.1, 0.15) is 37.8 Å². The van der Waals surface area contributed by atoms with E-state index in [-0.39, 0.29) is 36.7 Å². The molecule has 0 aliphatic heterocycles. The van der Waals surface area contributed by atoms with Gasteiger partial charge >= 0.3 is 30.2 Å². The second-order valence-corrected chi connectivity index (χ2v) is 29.2. The zero-order valence-electron chi connectivity index (χ0n) is 70.2. The standard InChI is InChI=1S/C42H82N2O7.C35H70N2O5.C9H18O/c1-7-13-17-20-23-29-40(45)48-35-33-44(32-31-43(11-5)12-6)34-36-49-42(47)51-39(27-22-19-15-9-3)28-24-30-41(46)50-37-38(25-16-10-4)26-21-18-14-8-2;1-7-13-16-18-22-32(21-15-9-3)31-41-34(38)25-20-24-33(23-19-17-14-8-2)42-35(39)40-30-29-37(26-10-4)28-27-36(11-5)12-6;1-3-4-5-6-7-8-9(2)10/h38-39H,7-37H2,1-6H3;32-33H,7-31H2,1-6H3;3-8H2,1-2H3. The Labute approximate surface area is 636 Å². The third-order valence-electron chi connectivity index (χ3n) is 19.8. The van der Waals surface area contributed by atoms with Crippen LogP contribution in [0.4, 0.5) is 9.59 Å². The summed E-state index contributed by atoms with van der Waals surface area (Å²) in [7, 11) is 0. The van der Waals surface area contributed by atoms with Gasteiger partial charge in [-0.05, 0) is 148 Å². The topological polar surface area (TPSA) is 180 Å². The third-order valence-corrected chi connectivity index (χ3v) is 19.8. The Morgan fingerprint density at radius 2 is 0.534 bits per heavy atom. The van der Waals surface area contributed by atoms with E-state index in [0.29, 0.717) is 102 Å². The van der Waals surface area contributed by atoms with Gasteiger partial charge in [0, 0.05) is 71.5 Å². The quantitative estimate of drug-likeness (QED) is 0.0318. The highest BCUT2D eigenvalue weighted by Gasteiger charge is 2.21. The molecule has 0 aromatic heterocycles. The van der Waals surface area contributed by atoms with Crippen LogP contribution in [-0.2, 0) is 52.3 Å². The van der Waals surface area contributed by atoms with Crippen LogP contribution in [0.15, 0.2) is 0 Å². The lowest BCUT2D eigenvalue weighted by molar-refractivity contribution is -0.146. The van der Waals surface area contributed by atoms with E-state index in [1.807, 2.05) is 0 Å². The van der Waals surface area contributed by atoms with Crippen molar-refractivity contribution in [1.29, 1.82) is 0 Å². The van der Waals surface area contributed by atoms with Crippen molar-refractivity contribution in [3.8, 4) is 0 Å². The van der Waals surface area contributed by atoms with Crippen molar-refractivity contribution in [2.45, 2.75) is 398 Å². The van der Waals surface area contributed by atoms with Gasteiger partial charge in [-0.1, -0.05) is 257 Å². The molecule has 0 saturated heterocycles. The fourth-order valence-electron chi connectivity index (χ4n) is 12.7. The van der Waals surface area contributed by atoms with Gasteiger partial charge < -0.3 is 47.8 Å². The molecule has 0 heterocycles. The van der Waals surface area contributed by atoms with Crippen molar-refractivity contribution in [2.75, 3.05) is 112 Å². The van der Waals surface area contributed by atoms with Crippen LogP contribution < -0.4 is 0 Å². The maximum absolute atomic E-state index is 12.8. The lowest BCUT2D eigenvalue weighted by Gasteiger charge is -2.26. The van der Waals surface area contributed by atoms with Crippen molar-refractivity contribution >= 4 is 36.0 Å². The molecule has 0 spiro atoms. The van der Waals surface area contributed by atoms with Crippen molar-refractivity contribution < 1.29 is 61.9 Å². The average Bonchev–Trinajstić information content (AvgIpc) is 1.28. The lowest BCUT2D eigenvalue weighted by Crippen LogP contribution is -2.39. The van der Waals surface area contributed by atoms with E-state index in [1.54, 1.807) is 6.92 Å². The second-order valence-electron chi connectivity index (χ2n) is 29.2. The highest BCUT2D eigenvalue weighted by molar-refractivity contribution is 5.75. The van der Waals surface area contributed by atoms with E-state index < -0.39 is 12.3 Å². The predicted molar refractivity (Wildman–Crippen MR) is 430 cm³/mol. The number of unbranched alkanes of at least 4 members (excludes halogenated alkanes) is 22. The molecule has 0 saturated carbocycles. The monoisotopic (exact) mass is 1470 g/mol. The van der Waals surface area contributed by atoms with Crippen molar-refractivity contribution in [3.63, 3.8) is 0 Å². The van der Waals surface area contributed by atoms with Crippen molar-refractivity contribution in [3.05, 3.63) is 0 Å². The summed E-state index contributed by atoms with van der Waals surface area (Å²) in [6.07, 6.45) is 45.2. The number of hydrogen-bond donors (Lipinski definition) is 0. The Bertz CT molecular complexity index is 1860. The normalized spacial score (nSPS) is 12.5. The Kier molecular flexibility index (Phi) is 81.5. The first-order valence-electron chi connectivity index (χ1n) is 43.6. The van der Waals surface area contributed by atoms with Gasteiger partial charge in [0.2, 0.25) is 0 Å². The number of ketones is 1. The molecule has 0 fully saturated rings. The first kappa shape index (κ1) is 104. The van der Waals surface area contributed by atoms with Gasteiger partial charge in [-0.25, -0.2) is 9.59 Å². The maximum atomic E-state index is 12.8. The fourth-order valence-corrected chi connectivity index (χ4v) is 12.7. The smallest absolute Gasteiger partial charge is 0.465 e. The van der Waals surface area contributed by atoms with E-state index in [4.69, 9.17) is 33.2 Å². The summed E-state index contributed by atoms with van der Waals surface area (Å²) in [5, 5.41) is 0. The van der Waals surface area contributed by atoms with Crippen LogP contribution in [0.1, 0.15) is 386 Å². The molecule has 17 heteroatoms. The van der Waals surface area contributed by atoms with Gasteiger partial charge in [-0.2, -0.15) is 0 Å². The summed E-state index contributed by atoms with van der Waals surface area (Å²) in [6.45, 7) is 42.7. The van der Waals surface area contributed by atoms with Crippen molar-refractivity contribution in [1.82, 2.24) is 19.6 Å². The van der Waals surface area contributed by atoms with E-state index in [9.17, 15) is 28.8 Å². The molecule has 0 rings (SSSR count). The Hall–Kier alpha value is -3.54. The number of carbonyl (C=O) groups excluding carboxylic acids is 6. The zero-order valence-corrected chi connectivity index (χ0v) is 70.2. The molecule has 0 bridgehead atoms. The highest BCUT2D eigenvalue weighted by atomic mass is 16.7. The van der Waals surface area contributed by atoms with E-state index >= 15 is 0 Å². The molecular formula is C86H170N4O13. The van der Waals surface area contributed by atoms with Crippen molar-refractivity contribution in [2.24, 2.45) is 11.8 Å². The molecule has 0 N–H and O–H groups in total. The average molecular weight is 1470 g/mol. The third kappa shape index (κ3) is 73.7. The van der Waals surface area contributed by atoms with Gasteiger partial charge in [0.15, 0.2) is 0 Å². The highest BCUT2D eigenvalue weighted by Crippen LogP contribution is 2.22. The summed E-state index contributed by atoms with van der Waals surface area (Å²) >= 11 is 0. The van der Waals surface area contributed by atoms with Crippen LogP contribution in [0.25, 0.3) is 0 Å². The van der Waals surface area contributed by atoms with Gasteiger partial charge in [0.05, 0.1) is 13.2 Å². The summed E-state index contributed by atoms with van der Waals surface area (Å²) in [4.78, 5) is 82.6. The van der Waals surface area contributed by atoms with Crippen LogP contribution in [0.2, 0.25) is 0 Å². The van der Waals surface area contributed by atoms with Crippen LogP contribution in [0, 0.1) is 11.8 Å². The Morgan fingerprint density at radius 1 is 0.252 bits per heavy atom. The number of nitrogens with zero attached hydrogens (tertiary/aromatic N) is 4. The zero-order chi connectivity index (χ0) is 76.9. The second kappa shape index (κ2) is 81.0. The predicted octanol–water partition coefficient (Wildman–Crippen LogP) is 22.5. The van der Waals surface area contributed by atoms with E-state index in [1.165, 1.54) is 128 Å². The molecule has 4 atom stereocenters. The Morgan fingerprint density at radius 3 is 0.883 bits per heavy atom. The first-order valence-corrected chi connectivity index (χ1v) is 43.6. The number of carbonyl (C=O) groups is 6. The molecule has 0 aliphatic rings. The molecule has 0 amide bonds. The Balaban J connectivity index is -0.00000173. The van der Waals surface area contributed by atoms with Crippen LogP contribution in [0.5, 0.6) is 0 Å². The van der Waals surface area contributed by atoms with Gasteiger partial charge in [-0.15, -0.1) is 0 Å². The minimum absolute atomic E-state index is 0.127. The summed E-state index contributed by atoms with van der Waals surface area (Å²) < 4.78 is 39.6. The summed E-state index contributed by atoms with van der Waals surface area (Å²) in [5.74, 6) is 0.834. The van der Waals surface area contributed by atoms with E-state index in [0.717, 1.165) is 181 Å². The number of likely N-dealkylation sites (N-methyl/N-ethyl adjacent to an activating group) is 2. The molecule has 4 unspecified atom stereocenters. The molecule has 103 heavy (non-hydrogen) atoms.